The van der Waals surface area contributed by atoms with Crippen molar-refractivity contribution in [2.75, 3.05) is 0 Å². The standard InChI is InChI=1S/C15H22/c1-11(2)15-8-7-13-6-4-5-12(3)9-14(15)10-13/h6,9,14-15H,1,4-5,7-8,10H2,2-3H3/b12-9-,13-6-/t14-,15-/m0/s1. The lowest BCUT2D eigenvalue weighted by Gasteiger charge is -2.33. The van der Waals surface area contributed by atoms with Gasteiger partial charge in [0.1, 0.15) is 0 Å². The molecule has 0 unspecified atom stereocenters. The summed E-state index contributed by atoms with van der Waals surface area (Å²) in [5, 5.41) is 0. The summed E-state index contributed by atoms with van der Waals surface area (Å²) in [6.45, 7) is 8.63. The van der Waals surface area contributed by atoms with Crippen LogP contribution < -0.4 is 0 Å². The lowest BCUT2D eigenvalue weighted by atomic mass is 9.72. The molecule has 0 aliphatic heterocycles. The Hall–Kier alpha value is -0.780. The molecule has 0 radical (unpaired) electrons. The predicted octanol–water partition coefficient (Wildman–Crippen LogP) is 4.65. The van der Waals surface area contributed by atoms with E-state index in [1.807, 2.05) is 0 Å². The van der Waals surface area contributed by atoms with Gasteiger partial charge in [-0.25, -0.2) is 0 Å². The van der Waals surface area contributed by atoms with E-state index < -0.39 is 0 Å². The summed E-state index contributed by atoms with van der Waals surface area (Å²) in [6, 6.07) is 0. The third-order valence-corrected chi connectivity index (χ3v) is 3.89. The number of rotatable bonds is 1. The van der Waals surface area contributed by atoms with Crippen molar-refractivity contribution in [2.24, 2.45) is 11.8 Å². The average molecular weight is 202 g/mol. The molecule has 1 saturated carbocycles. The van der Waals surface area contributed by atoms with Crippen LogP contribution in [-0.2, 0) is 0 Å². The van der Waals surface area contributed by atoms with Crippen LogP contribution in [0.15, 0.2) is 35.5 Å². The highest BCUT2D eigenvalue weighted by molar-refractivity contribution is 5.20. The summed E-state index contributed by atoms with van der Waals surface area (Å²) < 4.78 is 0. The van der Waals surface area contributed by atoms with Crippen molar-refractivity contribution >= 4 is 0 Å². The minimum absolute atomic E-state index is 0.732. The molecule has 82 valence electrons. The molecule has 2 bridgehead atoms. The maximum absolute atomic E-state index is 4.16. The predicted molar refractivity (Wildman–Crippen MR) is 66.7 cm³/mol. The molecule has 15 heavy (non-hydrogen) atoms. The van der Waals surface area contributed by atoms with Gasteiger partial charge in [-0.15, -0.1) is 0 Å². The fourth-order valence-electron chi connectivity index (χ4n) is 3.03. The second-order valence-electron chi connectivity index (χ2n) is 5.27. The first kappa shape index (κ1) is 10.7. The highest BCUT2D eigenvalue weighted by Crippen LogP contribution is 2.40. The van der Waals surface area contributed by atoms with Crippen molar-refractivity contribution in [2.45, 2.75) is 46.0 Å². The van der Waals surface area contributed by atoms with Crippen LogP contribution in [0, 0.1) is 11.8 Å². The molecular weight excluding hydrogens is 180 g/mol. The summed E-state index contributed by atoms with van der Waals surface area (Å²) in [4.78, 5) is 0. The van der Waals surface area contributed by atoms with Crippen LogP contribution in [0.5, 0.6) is 0 Å². The highest BCUT2D eigenvalue weighted by Gasteiger charge is 2.26. The normalized spacial score (nSPS) is 38.0. The van der Waals surface area contributed by atoms with Crippen molar-refractivity contribution in [1.82, 2.24) is 0 Å². The summed E-state index contributed by atoms with van der Waals surface area (Å²) in [5.74, 6) is 1.47. The van der Waals surface area contributed by atoms with Gasteiger partial charge in [0.25, 0.3) is 0 Å². The average Bonchev–Trinajstić information content (AvgIpc) is 2.15. The van der Waals surface area contributed by atoms with Crippen LogP contribution in [-0.4, -0.2) is 0 Å². The molecule has 0 nitrogen and oxygen atoms in total. The lowest BCUT2D eigenvalue weighted by Crippen LogP contribution is -2.21. The van der Waals surface area contributed by atoms with E-state index in [2.05, 4.69) is 32.6 Å². The van der Waals surface area contributed by atoms with Crippen LogP contribution in [0.2, 0.25) is 0 Å². The van der Waals surface area contributed by atoms with Crippen LogP contribution >= 0.6 is 0 Å². The Morgan fingerprint density at radius 2 is 2.20 bits per heavy atom. The van der Waals surface area contributed by atoms with E-state index in [9.17, 15) is 0 Å². The van der Waals surface area contributed by atoms with Gasteiger partial charge in [-0.3, -0.25) is 0 Å². The van der Waals surface area contributed by atoms with Crippen molar-refractivity contribution in [3.63, 3.8) is 0 Å². The first-order valence-electron chi connectivity index (χ1n) is 6.17. The molecule has 0 aromatic carbocycles. The monoisotopic (exact) mass is 202 g/mol. The molecule has 2 aliphatic carbocycles. The molecule has 0 amide bonds. The molecule has 2 rings (SSSR count). The third-order valence-electron chi connectivity index (χ3n) is 3.89. The van der Waals surface area contributed by atoms with E-state index in [4.69, 9.17) is 0 Å². The second-order valence-corrected chi connectivity index (χ2v) is 5.27. The molecule has 1 fully saturated rings. The quantitative estimate of drug-likeness (QED) is 0.543. The van der Waals surface area contributed by atoms with E-state index in [1.165, 1.54) is 37.7 Å². The van der Waals surface area contributed by atoms with Crippen LogP contribution in [0.4, 0.5) is 0 Å². The summed E-state index contributed by atoms with van der Waals surface area (Å²) in [7, 11) is 0. The fourth-order valence-corrected chi connectivity index (χ4v) is 3.03. The van der Waals surface area contributed by atoms with Crippen molar-refractivity contribution in [3.05, 3.63) is 35.5 Å². The van der Waals surface area contributed by atoms with Gasteiger partial charge >= 0.3 is 0 Å². The minimum atomic E-state index is 0.732. The molecule has 2 atom stereocenters. The zero-order chi connectivity index (χ0) is 10.8. The van der Waals surface area contributed by atoms with Gasteiger partial charge < -0.3 is 0 Å². The molecule has 2 aliphatic rings. The van der Waals surface area contributed by atoms with Gasteiger partial charge in [-0.1, -0.05) is 35.5 Å². The molecule has 0 aromatic rings. The van der Waals surface area contributed by atoms with Gasteiger partial charge in [0, 0.05) is 0 Å². The van der Waals surface area contributed by atoms with Crippen LogP contribution in [0.25, 0.3) is 0 Å². The maximum Gasteiger partial charge on any atom is -0.0128 e. The molecule has 0 spiro atoms. The Morgan fingerprint density at radius 3 is 2.93 bits per heavy atom. The zero-order valence-corrected chi connectivity index (χ0v) is 10.1. The van der Waals surface area contributed by atoms with Crippen LogP contribution in [0.1, 0.15) is 46.0 Å². The van der Waals surface area contributed by atoms with E-state index in [-0.39, 0.29) is 0 Å². The van der Waals surface area contributed by atoms with Crippen molar-refractivity contribution in [1.29, 1.82) is 0 Å². The van der Waals surface area contributed by atoms with Crippen LogP contribution in [0.3, 0.4) is 0 Å². The Morgan fingerprint density at radius 1 is 1.40 bits per heavy atom. The van der Waals surface area contributed by atoms with Gasteiger partial charge in [0.15, 0.2) is 0 Å². The molecule has 0 heterocycles. The number of hydrogen-bond donors (Lipinski definition) is 0. The SMILES string of the molecule is C=C(C)[C@@H]1CC/C2=C/CC/C(C)=C\[C@H]1C2. The third kappa shape index (κ3) is 2.42. The minimum Gasteiger partial charge on any atom is -0.0998 e. The Balaban J connectivity index is 2.22. The molecule has 0 aromatic heterocycles. The number of allylic oxidation sites excluding steroid dienone is 5. The molecular formula is C15H22. The first-order valence-corrected chi connectivity index (χ1v) is 6.17. The molecule has 0 heteroatoms. The lowest BCUT2D eigenvalue weighted by molar-refractivity contribution is 0.372. The topological polar surface area (TPSA) is 0 Å². The first-order chi connectivity index (χ1) is 7.16. The largest absolute Gasteiger partial charge is 0.0998 e. The zero-order valence-electron chi connectivity index (χ0n) is 10.1. The summed E-state index contributed by atoms with van der Waals surface area (Å²) in [6.07, 6.45) is 11.4. The van der Waals surface area contributed by atoms with Crippen molar-refractivity contribution in [3.8, 4) is 0 Å². The molecule has 0 saturated heterocycles. The summed E-state index contributed by atoms with van der Waals surface area (Å²) >= 11 is 0. The number of fused-ring (bicyclic) bond motifs is 2. The fraction of sp³-hybridized carbons (Fsp3) is 0.600. The van der Waals surface area contributed by atoms with Crippen molar-refractivity contribution < 1.29 is 0 Å². The van der Waals surface area contributed by atoms with E-state index in [0.29, 0.717) is 0 Å². The summed E-state index contributed by atoms with van der Waals surface area (Å²) in [5.41, 5.74) is 4.65. The molecule has 0 N–H and O–H groups in total. The maximum atomic E-state index is 4.16. The highest BCUT2D eigenvalue weighted by atomic mass is 14.3. The smallest absolute Gasteiger partial charge is 0.0128 e. The van der Waals surface area contributed by atoms with Gasteiger partial charge in [-0.2, -0.15) is 0 Å². The van der Waals surface area contributed by atoms with Gasteiger partial charge in [-0.05, 0) is 57.8 Å². The number of hydrogen-bond acceptors (Lipinski definition) is 0. The van der Waals surface area contributed by atoms with Gasteiger partial charge in [0.05, 0.1) is 0 Å². The van der Waals surface area contributed by atoms with E-state index in [0.717, 1.165) is 11.8 Å². The van der Waals surface area contributed by atoms with E-state index >= 15 is 0 Å². The Bertz CT molecular complexity index is 317. The second kappa shape index (κ2) is 4.38. The Labute approximate surface area is 93.8 Å². The van der Waals surface area contributed by atoms with Gasteiger partial charge in [0.2, 0.25) is 0 Å². The van der Waals surface area contributed by atoms with E-state index in [1.54, 1.807) is 11.1 Å². The Kier molecular flexibility index (Phi) is 3.14.